The van der Waals surface area contributed by atoms with E-state index >= 15 is 0 Å². The fraction of sp³-hybridized carbons (Fsp3) is 0.385. The Bertz CT molecular complexity index is 1170. The van der Waals surface area contributed by atoms with Crippen LogP contribution >= 0.6 is 11.6 Å². The smallest absolute Gasteiger partial charge is 0.176 e. The number of halogens is 1. The van der Waals surface area contributed by atoms with E-state index in [1.165, 1.54) is 7.11 Å². The monoisotopic (exact) mass is 467 g/mol. The lowest BCUT2D eigenvalue weighted by atomic mass is 9.85. The highest BCUT2D eigenvalue weighted by Crippen LogP contribution is 2.40. The number of methoxy groups -OCH3 is 1. The van der Waals surface area contributed by atoms with Crippen LogP contribution in [0.2, 0.25) is 5.02 Å². The van der Waals surface area contributed by atoms with Gasteiger partial charge in [-0.3, -0.25) is 9.78 Å². The van der Waals surface area contributed by atoms with Gasteiger partial charge in [-0.25, -0.2) is 0 Å². The Labute approximate surface area is 199 Å². The van der Waals surface area contributed by atoms with E-state index in [2.05, 4.69) is 15.6 Å². The van der Waals surface area contributed by atoms with Crippen LogP contribution in [0.1, 0.15) is 43.0 Å². The lowest BCUT2D eigenvalue weighted by molar-refractivity contribution is 0.101. The van der Waals surface area contributed by atoms with Crippen molar-refractivity contribution in [1.82, 2.24) is 10.3 Å². The van der Waals surface area contributed by atoms with Crippen LogP contribution in [0, 0.1) is 5.92 Å². The van der Waals surface area contributed by atoms with Gasteiger partial charge in [-0.1, -0.05) is 17.7 Å². The number of aromatic hydroxyl groups is 1. The van der Waals surface area contributed by atoms with Gasteiger partial charge in [0.15, 0.2) is 17.3 Å². The molecule has 0 bridgehead atoms. The zero-order valence-corrected chi connectivity index (χ0v) is 20.0. The molecule has 3 aromatic rings. The first-order valence-electron chi connectivity index (χ1n) is 11.3. The minimum atomic E-state index is -0.0829. The van der Waals surface area contributed by atoms with Crippen LogP contribution in [-0.4, -0.2) is 42.6 Å². The lowest BCUT2D eigenvalue weighted by Gasteiger charge is -2.30. The molecule has 1 heterocycles. The molecule has 0 amide bonds. The first-order valence-corrected chi connectivity index (χ1v) is 11.7. The van der Waals surface area contributed by atoms with E-state index in [0.717, 1.165) is 59.9 Å². The maximum Gasteiger partial charge on any atom is 0.176 e. The third kappa shape index (κ3) is 4.92. The summed E-state index contributed by atoms with van der Waals surface area (Å²) in [5, 5.41) is 18.2. The minimum absolute atomic E-state index is 0.0180. The number of ether oxygens (including phenoxy) is 1. The van der Waals surface area contributed by atoms with Gasteiger partial charge in [0.2, 0.25) is 0 Å². The number of anilines is 1. The minimum Gasteiger partial charge on any atom is -0.503 e. The first kappa shape index (κ1) is 23.3. The van der Waals surface area contributed by atoms with Gasteiger partial charge < -0.3 is 20.5 Å². The van der Waals surface area contributed by atoms with Crippen LogP contribution in [0.4, 0.5) is 5.69 Å². The molecule has 0 spiro atoms. The number of aromatic nitrogens is 1. The Morgan fingerprint density at radius 2 is 1.94 bits per heavy atom. The van der Waals surface area contributed by atoms with E-state index < -0.39 is 0 Å². The van der Waals surface area contributed by atoms with E-state index in [9.17, 15) is 9.90 Å². The highest BCUT2D eigenvalue weighted by molar-refractivity contribution is 6.32. The third-order valence-corrected chi connectivity index (χ3v) is 6.81. The molecular formula is C26H30ClN3O3. The van der Waals surface area contributed by atoms with Crippen molar-refractivity contribution < 1.29 is 14.6 Å². The van der Waals surface area contributed by atoms with Gasteiger partial charge in [0.05, 0.1) is 28.9 Å². The lowest BCUT2D eigenvalue weighted by Crippen LogP contribution is -2.30. The highest BCUT2D eigenvalue weighted by atomic mass is 35.5. The molecule has 0 saturated heterocycles. The van der Waals surface area contributed by atoms with E-state index in [-0.39, 0.29) is 16.6 Å². The molecule has 1 aliphatic carbocycles. The van der Waals surface area contributed by atoms with Crippen LogP contribution in [0.15, 0.2) is 36.5 Å². The van der Waals surface area contributed by atoms with Gasteiger partial charge in [0, 0.05) is 17.6 Å². The number of nitrogens with zero attached hydrogens (tertiary/aromatic N) is 1. The molecule has 0 atom stereocenters. The summed E-state index contributed by atoms with van der Waals surface area (Å²) in [6.07, 6.45) is 6.12. The Morgan fingerprint density at radius 1 is 1.18 bits per heavy atom. The molecule has 3 N–H and O–H groups in total. The van der Waals surface area contributed by atoms with Crippen LogP contribution < -0.4 is 15.4 Å². The van der Waals surface area contributed by atoms with Crippen molar-refractivity contribution in [1.29, 1.82) is 0 Å². The summed E-state index contributed by atoms with van der Waals surface area (Å²) in [4.78, 5) is 17.0. The molecule has 1 fully saturated rings. The quantitative estimate of drug-likeness (QED) is 0.389. The number of phenols is 1. The molecule has 174 valence electrons. The Morgan fingerprint density at radius 3 is 2.61 bits per heavy atom. The van der Waals surface area contributed by atoms with Gasteiger partial charge in [-0.05, 0) is 87.5 Å². The van der Waals surface area contributed by atoms with Crippen molar-refractivity contribution in [3.8, 4) is 22.6 Å². The van der Waals surface area contributed by atoms with E-state index in [1.807, 2.05) is 25.2 Å². The van der Waals surface area contributed by atoms with Crippen LogP contribution in [0.25, 0.3) is 22.0 Å². The molecule has 4 rings (SSSR count). The molecule has 0 aliphatic heterocycles. The van der Waals surface area contributed by atoms with Gasteiger partial charge in [-0.15, -0.1) is 0 Å². The molecule has 7 heteroatoms. The number of benzene rings is 2. The molecule has 1 aliphatic rings. The van der Waals surface area contributed by atoms with Crippen LogP contribution in [-0.2, 0) is 0 Å². The summed E-state index contributed by atoms with van der Waals surface area (Å²) >= 11 is 6.22. The fourth-order valence-corrected chi connectivity index (χ4v) is 4.91. The number of ketones is 1. The molecule has 0 radical (unpaired) electrons. The van der Waals surface area contributed by atoms with Gasteiger partial charge in [0.1, 0.15) is 0 Å². The van der Waals surface area contributed by atoms with Crippen molar-refractivity contribution >= 4 is 34.0 Å². The van der Waals surface area contributed by atoms with Crippen molar-refractivity contribution in [3.05, 3.63) is 47.1 Å². The topological polar surface area (TPSA) is 83.5 Å². The summed E-state index contributed by atoms with van der Waals surface area (Å²) < 4.78 is 5.27. The highest BCUT2D eigenvalue weighted by Gasteiger charge is 2.23. The van der Waals surface area contributed by atoms with Crippen molar-refractivity contribution in [2.45, 2.75) is 38.6 Å². The predicted octanol–water partition coefficient (Wildman–Crippen LogP) is 5.66. The molecule has 0 unspecified atom stereocenters. The Hall–Kier alpha value is -2.83. The maximum absolute atomic E-state index is 12.5. The Kier molecular flexibility index (Phi) is 7.05. The zero-order chi connectivity index (χ0) is 23.5. The normalized spacial score (nSPS) is 18.3. The number of carbonyl (C=O) groups is 1. The van der Waals surface area contributed by atoms with Gasteiger partial charge >= 0.3 is 0 Å². The molecule has 1 aromatic heterocycles. The zero-order valence-electron chi connectivity index (χ0n) is 19.2. The molecular weight excluding hydrogens is 438 g/mol. The van der Waals surface area contributed by atoms with Crippen molar-refractivity contribution in [2.75, 3.05) is 26.0 Å². The summed E-state index contributed by atoms with van der Waals surface area (Å²) in [6, 6.07) is 9.69. The van der Waals surface area contributed by atoms with Crippen molar-refractivity contribution in [3.63, 3.8) is 0 Å². The molecule has 1 saturated carbocycles. The Balaban J connectivity index is 1.74. The third-order valence-electron chi connectivity index (χ3n) is 6.52. The number of phenolic OH excluding ortho intramolecular Hbond substituents is 1. The number of fused-ring (bicyclic) bond motifs is 1. The summed E-state index contributed by atoms with van der Waals surface area (Å²) in [5.41, 5.74) is 3.95. The summed E-state index contributed by atoms with van der Waals surface area (Å²) in [5.74, 6) is 0.913. The maximum atomic E-state index is 12.5. The summed E-state index contributed by atoms with van der Waals surface area (Å²) in [6.45, 7) is 2.62. The number of carbonyl (C=O) groups excluding carboxylic acids is 1. The second kappa shape index (κ2) is 9.98. The number of pyridine rings is 1. The number of Topliss-reactive ketones (excluding diaryl/α,β-unsaturated/α-hetero) is 1. The average Bonchev–Trinajstić information content (AvgIpc) is 2.82. The fourth-order valence-electron chi connectivity index (χ4n) is 4.69. The molecule has 6 nitrogen and oxygen atoms in total. The van der Waals surface area contributed by atoms with Crippen LogP contribution in [0.5, 0.6) is 11.5 Å². The van der Waals surface area contributed by atoms with E-state index in [1.54, 1.807) is 25.3 Å². The SMILES string of the molecule is CNCC1CCC(Nc2c(C(C)=O)cnc3ccc(-c4cc(Cl)c(O)c(OC)c4)cc23)CC1. The van der Waals surface area contributed by atoms with E-state index in [4.69, 9.17) is 16.3 Å². The summed E-state index contributed by atoms with van der Waals surface area (Å²) in [7, 11) is 3.49. The second-order valence-electron chi connectivity index (χ2n) is 8.76. The van der Waals surface area contributed by atoms with Gasteiger partial charge in [0.25, 0.3) is 0 Å². The average molecular weight is 468 g/mol. The molecule has 33 heavy (non-hydrogen) atoms. The number of hydrogen-bond acceptors (Lipinski definition) is 6. The number of nitrogens with one attached hydrogen (secondary N) is 2. The molecule has 2 aromatic carbocycles. The van der Waals surface area contributed by atoms with Crippen molar-refractivity contribution in [2.24, 2.45) is 5.92 Å². The number of hydrogen-bond donors (Lipinski definition) is 3. The van der Waals surface area contributed by atoms with E-state index in [0.29, 0.717) is 23.3 Å². The van der Waals surface area contributed by atoms with Crippen LogP contribution in [0.3, 0.4) is 0 Å². The van der Waals surface area contributed by atoms with Gasteiger partial charge in [-0.2, -0.15) is 0 Å². The second-order valence-corrected chi connectivity index (χ2v) is 9.17. The largest absolute Gasteiger partial charge is 0.503 e. The standard InChI is InChI=1S/C26H30ClN3O3/c1-15(31)21-14-29-23-9-6-17(18-11-22(27)26(32)24(12-18)33-3)10-20(23)25(21)30-19-7-4-16(5-8-19)13-28-2/h6,9-12,14,16,19,28,32H,4-5,7-8,13H2,1-3H3,(H,29,30). The predicted molar refractivity (Wildman–Crippen MR) is 134 cm³/mol. The number of rotatable bonds is 7. The first-order chi connectivity index (χ1) is 15.9.